The smallest absolute Gasteiger partial charge is 0.237 e. The molecular formula is C14H22N2O. The molecule has 0 spiro atoms. The third-order valence-corrected chi connectivity index (χ3v) is 3.18. The predicted molar refractivity (Wildman–Crippen MR) is 68.2 cm³/mol. The van der Waals surface area contributed by atoms with Gasteiger partial charge in [-0.3, -0.25) is 4.79 Å². The number of rotatable bonds is 6. The minimum absolute atomic E-state index is 0.106. The molecule has 1 atom stereocenters. The van der Waals surface area contributed by atoms with Gasteiger partial charge in [0, 0.05) is 6.54 Å². The van der Waals surface area contributed by atoms with Crippen LogP contribution in [0.4, 0.5) is 0 Å². The Morgan fingerprint density at radius 2 is 2.41 bits per heavy atom. The Morgan fingerprint density at radius 1 is 1.59 bits per heavy atom. The van der Waals surface area contributed by atoms with Crippen molar-refractivity contribution in [3.05, 3.63) is 11.6 Å². The first kappa shape index (κ1) is 13.8. The topological polar surface area (TPSA) is 52.9 Å². The van der Waals surface area contributed by atoms with Gasteiger partial charge >= 0.3 is 0 Å². The Labute approximate surface area is 104 Å². The SMILES string of the molecule is CCCC(C#N)C(=O)NCCC1=CCCCC1. The van der Waals surface area contributed by atoms with E-state index in [-0.39, 0.29) is 5.91 Å². The molecule has 1 unspecified atom stereocenters. The summed E-state index contributed by atoms with van der Waals surface area (Å²) >= 11 is 0. The highest BCUT2D eigenvalue weighted by atomic mass is 16.1. The first-order valence-electron chi connectivity index (χ1n) is 6.63. The number of nitrogens with one attached hydrogen (secondary N) is 1. The van der Waals surface area contributed by atoms with Crippen LogP contribution in [0.3, 0.4) is 0 Å². The zero-order valence-electron chi connectivity index (χ0n) is 10.7. The van der Waals surface area contributed by atoms with Crippen LogP contribution in [-0.2, 0) is 4.79 Å². The molecule has 0 aromatic heterocycles. The minimum atomic E-state index is -0.472. The second kappa shape index (κ2) is 7.89. The molecule has 1 amide bonds. The number of amides is 1. The molecule has 0 saturated heterocycles. The van der Waals surface area contributed by atoms with Crippen LogP contribution in [0.15, 0.2) is 11.6 Å². The summed E-state index contributed by atoms with van der Waals surface area (Å²) < 4.78 is 0. The van der Waals surface area contributed by atoms with Gasteiger partial charge in [0.05, 0.1) is 6.07 Å². The van der Waals surface area contributed by atoms with Gasteiger partial charge in [0.25, 0.3) is 0 Å². The lowest BCUT2D eigenvalue weighted by Crippen LogP contribution is -2.31. The van der Waals surface area contributed by atoms with Gasteiger partial charge in [-0.05, 0) is 38.5 Å². The molecule has 17 heavy (non-hydrogen) atoms. The van der Waals surface area contributed by atoms with E-state index >= 15 is 0 Å². The monoisotopic (exact) mass is 234 g/mol. The number of nitriles is 1. The van der Waals surface area contributed by atoms with Crippen molar-refractivity contribution >= 4 is 5.91 Å². The molecule has 3 nitrogen and oxygen atoms in total. The van der Waals surface area contributed by atoms with E-state index in [9.17, 15) is 4.79 Å². The lowest BCUT2D eigenvalue weighted by atomic mass is 9.97. The Hall–Kier alpha value is -1.30. The fourth-order valence-corrected chi connectivity index (χ4v) is 2.14. The van der Waals surface area contributed by atoms with Gasteiger partial charge in [-0.2, -0.15) is 5.26 Å². The fraction of sp³-hybridized carbons (Fsp3) is 0.714. The average molecular weight is 234 g/mol. The quantitative estimate of drug-likeness (QED) is 0.718. The number of nitrogens with zero attached hydrogens (tertiary/aromatic N) is 1. The molecule has 3 heteroatoms. The molecule has 0 fully saturated rings. The summed E-state index contributed by atoms with van der Waals surface area (Å²) in [6, 6.07) is 2.06. The predicted octanol–water partition coefficient (Wildman–Crippen LogP) is 2.93. The molecule has 0 aromatic rings. The van der Waals surface area contributed by atoms with Crippen LogP contribution in [0.5, 0.6) is 0 Å². The van der Waals surface area contributed by atoms with Gasteiger partial charge in [-0.25, -0.2) is 0 Å². The van der Waals surface area contributed by atoms with Crippen molar-refractivity contribution in [2.45, 2.75) is 51.9 Å². The van der Waals surface area contributed by atoms with Gasteiger partial charge in [0.2, 0.25) is 5.91 Å². The second-order valence-corrected chi connectivity index (χ2v) is 4.62. The summed E-state index contributed by atoms with van der Waals surface area (Å²) in [6.45, 7) is 2.66. The molecule has 0 bridgehead atoms. The van der Waals surface area contributed by atoms with Crippen molar-refractivity contribution in [2.75, 3.05) is 6.54 Å². The minimum Gasteiger partial charge on any atom is -0.355 e. The molecule has 0 radical (unpaired) electrons. The van der Waals surface area contributed by atoms with E-state index in [0.29, 0.717) is 13.0 Å². The zero-order valence-corrected chi connectivity index (χ0v) is 10.7. The number of allylic oxidation sites excluding steroid dienone is 1. The highest BCUT2D eigenvalue weighted by Crippen LogP contribution is 2.19. The third kappa shape index (κ3) is 5.04. The molecular weight excluding hydrogens is 212 g/mol. The van der Waals surface area contributed by atoms with Crippen molar-refractivity contribution < 1.29 is 4.79 Å². The number of hydrogen-bond acceptors (Lipinski definition) is 2. The maximum Gasteiger partial charge on any atom is 0.237 e. The first-order chi connectivity index (χ1) is 8.27. The van der Waals surface area contributed by atoms with E-state index in [1.165, 1.54) is 31.3 Å². The van der Waals surface area contributed by atoms with Gasteiger partial charge < -0.3 is 5.32 Å². The van der Waals surface area contributed by atoms with E-state index in [0.717, 1.165) is 12.8 Å². The largest absolute Gasteiger partial charge is 0.355 e. The Bertz CT molecular complexity index is 315. The molecule has 1 aliphatic carbocycles. The summed E-state index contributed by atoms with van der Waals surface area (Å²) in [4.78, 5) is 11.7. The van der Waals surface area contributed by atoms with Crippen LogP contribution in [0, 0.1) is 17.2 Å². The van der Waals surface area contributed by atoms with Crippen LogP contribution in [0.2, 0.25) is 0 Å². The van der Waals surface area contributed by atoms with Crippen LogP contribution in [0.25, 0.3) is 0 Å². The van der Waals surface area contributed by atoms with Crippen LogP contribution >= 0.6 is 0 Å². The molecule has 1 aliphatic rings. The Kier molecular flexibility index (Phi) is 6.39. The normalized spacial score (nSPS) is 16.8. The Morgan fingerprint density at radius 3 is 3.00 bits per heavy atom. The molecule has 0 aliphatic heterocycles. The van der Waals surface area contributed by atoms with E-state index in [1.807, 2.05) is 6.92 Å². The van der Waals surface area contributed by atoms with E-state index in [4.69, 9.17) is 5.26 Å². The fourth-order valence-electron chi connectivity index (χ4n) is 2.14. The first-order valence-corrected chi connectivity index (χ1v) is 6.63. The van der Waals surface area contributed by atoms with Gasteiger partial charge in [0.1, 0.15) is 5.92 Å². The summed E-state index contributed by atoms with van der Waals surface area (Å²) in [5.41, 5.74) is 1.46. The highest BCUT2D eigenvalue weighted by Gasteiger charge is 2.15. The maximum atomic E-state index is 11.7. The van der Waals surface area contributed by atoms with Crippen molar-refractivity contribution in [1.29, 1.82) is 5.26 Å². The zero-order chi connectivity index (χ0) is 12.5. The standard InChI is InChI=1S/C14H22N2O/c1-2-6-13(11-15)14(17)16-10-9-12-7-4-3-5-8-12/h7,13H,2-6,8-10H2,1H3,(H,16,17). The van der Waals surface area contributed by atoms with Gasteiger partial charge in [-0.1, -0.05) is 25.0 Å². The number of carbonyl (C=O) groups excluding carboxylic acids is 1. The third-order valence-electron chi connectivity index (χ3n) is 3.18. The van der Waals surface area contributed by atoms with Crippen LogP contribution in [0.1, 0.15) is 51.9 Å². The average Bonchev–Trinajstić information content (AvgIpc) is 2.37. The lowest BCUT2D eigenvalue weighted by Gasteiger charge is -2.14. The highest BCUT2D eigenvalue weighted by molar-refractivity contribution is 5.80. The summed E-state index contributed by atoms with van der Waals surface area (Å²) in [5, 5.41) is 11.7. The number of carbonyl (C=O) groups is 1. The van der Waals surface area contributed by atoms with Gasteiger partial charge in [-0.15, -0.1) is 0 Å². The van der Waals surface area contributed by atoms with Crippen LogP contribution < -0.4 is 5.32 Å². The van der Waals surface area contributed by atoms with E-state index < -0.39 is 5.92 Å². The van der Waals surface area contributed by atoms with E-state index in [2.05, 4.69) is 17.5 Å². The summed E-state index contributed by atoms with van der Waals surface area (Å²) in [5.74, 6) is -0.578. The van der Waals surface area contributed by atoms with Crippen molar-refractivity contribution in [1.82, 2.24) is 5.32 Å². The molecule has 0 saturated carbocycles. The molecule has 0 heterocycles. The molecule has 0 aromatic carbocycles. The van der Waals surface area contributed by atoms with Gasteiger partial charge in [0.15, 0.2) is 0 Å². The summed E-state index contributed by atoms with van der Waals surface area (Å²) in [6.07, 6.45) is 9.69. The van der Waals surface area contributed by atoms with Crippen molar-refractivity contribution in [2.24, 2.45) is 5.92 Å². The molecule has 94 valence electrons. The van der Waals surface area contributed by atoms with Crippen molar-refractivity contribution in [3.63, 3.8) is 0 Å². The molecule has 1 N–H and O–H groups in total. The Balaban J connectivity index is 2.23. The van der Waals surface area contributed by atoms with Crippen molar-refractivity contribution in [3.8, 4) is 6.07 Å². The van der Waals surface area contributed by atoms with E-state index in [1.54, 1.807) is 0 Å². The summed E-state index contributed by atoms with van der Waals surface area (Å²) in [7, 11) is 0. The van der Waals surface area contributed by atoms with Crippen LogP contribution in [-0.4, -0.2) is 12.5 Å². The maximum absolute atomic E-state index is 11.7. The lowest BCUT2D eigenvalue weighted by molar-refractivity contribution is -0.123. The molecule has 1 rings (SSSR count). The second-order valence-electron chi connectivity index (χ2n) is 4.62. The number of hydrogen-bond donors (Lipinski definition) is 1.